The highest BCUT2D eigenvalue weighted by Crippen LogP contribution is 2.32. The van der Waals surface area contributed by atoms with Crippen molar-refractivity contribution in [2.24, 2.45) is 22.7 Å². The van der Waals surface area contributed by atoms with Gasteiger partial charge in [0.15, 0.2) is 0 Å². The van der Waals surface area contributed by atoms with Gasteiger partial charge in [0.2, 0.25) is 0 Å². The van der Waals surface area contributed by atoms with Gasteiger partial charge in [0.25, 0.3) is 0 Å². The van der Waals surface area contributed by atoms with E-state index in [4.69, 9.17) is 4.99 Å². The van der Waals surface area contributed by atoms with Gasteiger partial charge in [0.05, 0.1) is 5.70 Å². The fourth-order valence-electron chi connectivity index (χ4n) is 4.38. The van der Waals surface area contributed by atoms with Gasteiger partial charge in [-0.25, -0.2) is 0 Å². The standard InChI is InChI=1S/C22H38N2/c1-5-19-12-14-22(17(2)15-19)24-18(3)11-13-21(16-23-4)20-9-7-6-8-10-20/h12,14,19-21,23H,5-11,13,15-16H2,1-4H3. The van der Waals surface area contributed by atoms with Crippen molar-refractivity contribution in [2.45, 2.75) is 78.6 Å². The Labute approximate surface area is 149 Å². The molecular weight excluding hydrogens is 292 g/mol. The fraction of sp³-hybridized carbons (Fsp3) is 0.773. The number of nitrogens with one attached hydrogen (secondary N) is 1. The van der Waals surface area contributed by atoms with E-state index in [1.54, 1.807) is 0 Å². The van der Waals surface area contributed by atoms with Gasteiger partial charge in [-0.05, 0) is 82.5 Å². The Morgan fingerprint density at radius 3 is 2.67 bits per heavy atom. The van der Waals surface area contributed by atoms with Crippen LogP contribution in [-0.2, 0) is 0 Å². The summed E-state index contributed by atoms with van der Waals surface area (Å²) in [5.41, 5.74) is 3.99. The minimum atomic E-state index is 0.718. The highest BCUT2D eigenvalue weighted by molar-refractivity contribution is 5.83. The van der Waals surface area contributed by atoms with E-state index in [1.807, 2.05) is 0 Å². The minimum Gasteiger partial charge on any atom is -0.319 e. The monoisotopic (exact) mass is 330 g/mol. The van der Waals surface area contributed by atoms with Crippen LogP contribution in [0.25, 0.3) is 0 Å². The number of allylic oxidation sites excluding steroid dienone is 3. The second-order valence-corrected chi connectivity index (χ2v) is 8.00. The summed E-state index contributed by atoms with van der Waals surface area (Å²) in [5.74, 6) is 2.47. The molecule has 2 unspecified atom stereocenters. The van der Waals surface area contributed by atoms with Crippen LogP contribution in [0.15, 0.2) is 28.4 Å². The predicted octanol–water partition coefficient (Wildman–Crippen LogP) is 5.90. The lowest BCUT2D eigenvalue weighted by molar-refractivity contribution is 0.235. The normalized spacial score (nSPS) is 24.5. The first kappa shape index (κ1) is 19.4. The van der Waals surface area contributed by atoms with Crippen LogP contribution < -0.4 is 5.32 Å². The van der Waals surface area contributed by atoms with Crippen LogP contribution in [-0.4, -0.2) is 19.3 Å². The van der Waals surface area contributed by atoms with Crippen LogP contribution in [0.5, 0.6) is 0 Å². The molecule has 2 atom stereocenters. The molecule has 2 heteroatoms. The molecule has 1 fully saturated rings. The van der Waals surface area contributed by atoms with E-state index < -0.39 is 0 Å². The number of nitrogens with zero attached hydrogens (tertiary/aromatic N) is 1. The van der Waals surface area contributed by atoms with E-state index in [-0.39, 0.29) is 0 Å². The topological polar surface area (TPSA) is 24.4 Å². The summed E-state index contributed by atoms with van der Waals surface area (Å²) in [6.45, 7) is 7.91. The van der Waals surface area contributed by atoms with E-state index in [2.05, 4.69) is 45.3 Å². The van der Waals surface area contributed by atoms with Crippen molar-refractivity contribution in [3.8, 4) is 0 Å². The number of hydrogen-bond acceptors (Lipinski definition) is 2. The van der Waals surface area contributed by atoms with Gasteiger partial charge < -0.3 is 5.32 Å². The first-order valence-corrected chi connectivity index (χ1v) is 10.2. The van der Waals surface area contributed by atoms with Crippen LogP contribution in [0, 0.1) is 17.8 Å². The van der Waals surface area contributed by atoms with Gasteiger partial charge in [-0.2, -0.15) is 0 Å². The average Bonchev–Trinajstić information content (AvgIpc) is 2.61. The first-order chi connectivity index (χ1) is 11.6. The molecule has 24 heavy (non-hydrogen) atoms. The molecule has 2 nitrogen and oxygen atoms in total. The lowest BCUT2D eigenvalue weighted by atomic mass is 9.78. The molecule has 136 valence electrons. The zero-order chi connectivity index (χ0) is 17.4. The second-order valence-electron chi connectivity index (χ2n) is 8.00. The van der Waals surface area contributed by atoms with Crippen LogP contribution >= 0.6 is 0 Å². The van der Waals surface area contributed by atoms with Gasteiger partial charge in [0.1, 0.15) is 0 Å². The molecule has 2 aliphatic carbocycles. The van der Waals surface area contributed by atoms with Gasteiger partial charge in [-0.1, -0.05) is 45.1 Å². The molecule has 0 aliphatic heterocycles. The zero-order valence-electron chi connectivity index (χ0n) is 16.4. The molecule has 2 aliphatic rings. The Kier molecular flexibility index (Phi) is 8.24. The molecular formula is C22H38N2. The summed E-state index contributed by atoms with van der Waals surface area (Å²) in [6, 6.07) is 0. The minimum absolute atomic E-state index is 0.718. The summed E-state index contributed by atoms with van der Waals surface area (Å²) in [6.07, 6.45) is 16.7. The average molecular weight is 331 g/mol. The lowest BCUT2D eigenvalue weighted by Gasteiger charge is -2.30. The Bertz CT molecular complexity index is 466. The van der Waals surface area contributed by atoms with Gasteiger partial charge in [0, 0.05) is 5.71 Å². The Morgan fingerprint density at radius 2 is 2.04 bits per heavy atom. The molecule has 0 aromatic carbocycles. The molecule has 0 spiro atoms. The third-order valence-electron chi connectivity index (χ3n) is 6.03. The van der Waals surface area contributed by atoms with Crippen LogP contribution in [0.1, 0.15) is 78.6 Å². The molecule has 1 N–H and O–H groups in total. The largest absolute Gasteiger partial charge is 0.319 e. The van der Waals surface area contributed by atoms with Gasteiger partial charge >= 0.3 is 0 Å². The van der Waals surface area contributed by atoms with Crippen molar-refractivity contribution in [3.05, 3.63) is 23.4 Å². The summed E-state index contributed by atoms with van der Waals surface area (Å²) in [4.78, 5) is 4.95. The van der Waals surface area contributed by atoms with Crippen molar-refractivity contribution in [3.63, 3.8) is 0 Å². The third kappa shape index (κ3) is 5.88. The van der Waals surface area contributed by atoms with Crippen molar-refractivity contribution in [2.75, 3.05) is 13.6 Å². The number of hydrogen-bond donors (Lipinski definition) is 1. The van der Waals surface area contributed by atoms with E-state index >= 15 is 0 Å². The Morgan fingerprint density at radius 1 is 1.29 bits per heavy atom. The molecule has 1 saturated carbocycles. The summed E-state index contributed by atoms with van der Waals surface area (Å²) in [5, 5.41) is 3.43. The maximum atomic E-state index is 4.95. The quantitative estimate of drug-likeness (QED) is 0.550. The maximum absolute atomic E-state index is 4.95. The van der Waals surface area contributed by atoms with Crippen molar-refractivity contribution < 1.29 is 0 Å². The molecule has 0 heterocycles. The highest BCUT2D eigenvalue weighted by atomic mass is 14.8. The Balaban J connectivity index is 1.90. The highest BCUT2D eigenvalue weighted by Gasteiger charge is 2.23. The molecule has 0 amide bonds. The van der Waals surface area contributed by atoms with Crippen LogP contribution in [0.2, 0.25) is 0 Å². The van der Waals surface area contributed by atoms with Crippen LogP contribution in [0.4, 0.5) is 0 Å². The Hall–Kier alpha value is -0.890. The smallest absolute Gasteiger partial charge is 0.0615 e. The van der Waals surface area contributed by atoms with Crippen molar-refractivity contribution >= 4 is 5.71 Å². The van der Waals surface area contributed by atoms with E-state index in [9.17, 15) is 0 Å². The van der Waals surface area contributed by atoms with Crippen molar-refractivity contribution in [1.29, 1.82) is 0 Å². The predicted molar refractivity (Wildman–Crippen MR) is 107 cm³/mol. The van der Waals surface area contributed by atoms with Crippen molar-refractivity contribution in [1.82, 2.24) is 5.32 Å². The van der Waals surface area contributed by atoms with E-state index in [1.165, 1.54) is 68.3 Å². The summed E-state index contributed by atoms with van der Waals surface area (Å²) < 4.78 is 0. The van der Waals surface area contributed by atoms with Gasteiger partial charge in [-0.3, -0.25) is 4.99 Å². The van der Waals surface area contributed by atoms with Crippen LogP contribution in [0.3, 0.4) is 0 Å². The summed E-state index contributed by atoms with van der Waals surface area (Å²) >= 11 is 0. The van der Waals surface area contributed by atoms with Gasteiger partial charge in [-0.15, -0.1) is 0 Å². The molecule has 0 bridgehead atoms. The van der Waals surface area contributed by atoms with E-state index in [0.29, 0.717) is 0 Å². The molecule has 0 aromatic rings. The fourth-order valence-corrected chi connectivity index (χ4v) is 4.38. The third-order valence-corrected chi connectivity index (χ3v) is 6.03. The lowest BCUT2D eigenvalue weighted by Crippen LogP contribution is -2.28. The second kappa shape index (κ2) is 10.2. The molecule has 2 rings (SSSR count). The van der Waals surface area contributed by atoms with E-state index in [0.717, 1.165) is 30.7 Å². The molecule has 0 radical (unpaired) electrons. The maximum Gasteiger partial charge on any atom is 0.0615 e. The molecule has 0 aromatic heterocycles. The number of aliphatic imine (C=N–C) groups is 1. The first-order valence-electron chi connectivity index (χ1n) is 10.2. The molecule has 0 saturated heterocycles. The SMILES string of the molecule is CCC1C=CC(N=C(C)CCC(CNC)C2CCCCC2)=C(C)C1. The summed E-state index contributed by atoms with van der Waals surface area (Å²) in [7, 11) is 2.10. The zero-order valence-corrected chi connectivity index (χ0v) is 16.4. The number of rotatable bonds is 8.